The van der Waals surface area contributed by atoms with Gasteiger partial charge in [-0.25, -0.2) is 0 Å². The number of hydrogen-bond donors (Lipinski definition) is 1. The highest BCUT2D eigenvalue weighted by atomic mass is 32.2. The van der Waals surface area contributed by atoms with Crippen LogP contribution < -0.4 is 5.73 Å². The Morgan fingerprint density at radius 2 is 2.31 bits per heavy atom. The predicted octanol–water partition coefficient (Wildman–Crippen LogP) is 2.98. The van der Waals surface area contributed by atoms with E-state index in [-0.39, 0.29) is 6.04 Å². The summed E-state index contributed by atoms with van der Waals surface area (Å²) in [6.45, 7) is 2.96. The van der Waals surface area contributed by atoms with E-state index in [9.17, 15) is 0 Å². The van der Waals surface area contributed by atoms with Gasteiger partial charge in [-0.3, -0.25) is 0 Å². The van der Waals surface area contributed by atoms with Gasteiger partial charge in [-0.05, 0) is 31.4 Å². The van der Waals surface area contributed by atoms with Crippen LogP contribution in [0.4, 0.5) is 0 Å². The third-order valence-corrected chi connectivity index (χ3v) is 4.08. The molecule has 0 amide bonds. The third-order valence-electron chi connectivity index (χ3n) is 2.86. The summed E-state index contributed by atoms with van der Waals surface area (Å²) in [5.74, 6) is 1.05. The monoisotopic (exact) mass is 237 g/mol. The second-order valence-electron chi connectivity index (χ2n) is 4.27. The lowest BCUT2D eigenvalue weighted by Gasteiger charge is -2.14. The van der Waals surface area contributed by atoms with Crippen molar-refractivity contribution in [1.82, 2.24) is 0 Å². The molecule has 3 heteroatoms. The molecule has 1 heterocycles. The van der Waals surface area contributed by atoms with Crippen LogP contribution in [0, 0.1) is 0 Å². The van der Waals surface area contributed by atoms with Gasteiger partial charge in [0.25, 0.3) is 0 Å². The van der Waals surface area contributed by atoms with Crippen LogP contribution in [-0.4, -0.2) is 18.5 Å². The highest BCUT2D eigenvalue weighted by Crippen LogP contribution is 2.29. The van der Waals surface area contributed by atoms with Crippen molar-refractivity contribution in [2.24, 2.45) is 5.73 Å². The van der Waals surface area contributed by atoms with E-state index in [1.54, 1.807) is 0 Å². The maximum Gasteiger partial charge on any atom is 0.0669 e. The molecular formula is C13H19NOS. The Hall–Kier alpha value is -0.510. The molecule has 2 nitrogen and oxygen atoms in total. The van der Waals surface area contributed by atoms with Crippen LogP contribution in [0.15, 0.2) is 29.2 Å². The molecule has 1 fully saturated rings. The van der Waals surface area contributed by atoms with Crippen molar-refractivity contribution < 1.29 is 4.74 Å². The summed E-state index contributed by atoms with van der Waals surface area (Å²) in [7, 11) is 0. The van der Waals surface area contributed by atoms with Crippen molar-refractivity contribution in [3.8, 4) is 0 Å². The molecule has 1 aliphatic heterocycles. The average molecular weight is 237 g/mol. The van der Waals surface area contributed by atoms with Crippen molar-refractivity contribution in [1.29, 1.82) is 0 Å². The van der Waals surface area contributed by atoms with Crippen LogP contribution in [-0.2, 0) is 4.74 Å². The third kappa shape index (κ3) is 3.00. The predicted molar refractivity (Wildman–Crippen MR) is 68.7 cm³/mol. The van der Waals surface area contributed by atoms with Crippen LogP contribution in [0.3, 0.4) is 0 Å². The molecule has 1 aromatic carbocycles. The second kappa shape index (κ2) is 5.71. The fraction of sp³-hybridized carbons (Fsp3) is 0.538. The molecule has 1 saturated heterocycles. The summed E-state index contributed by atoms with van der Waals surface area (Å²) in [5.41, 5.74) is 7.19. The molecule has 0 saturated carbocycles. The molecule has 2 atom stereocenters. The van der Waals surface area contributed by atoms with E-state index in [0.29, 0.717) is 6.10 Å². The quantitative estimate of drug-likeness (QED) is 0.818. The molecule has 0 aromatic heterocycles. The SMILES string of the molecule is CC(N)c1ccccc1SCC1CCCO1. The molecule has 88 valence electrons. The molecule has 16 heavy (non-hydrogen) atoms. The zero-order valence-corrected chi connectivity index (χ0v) is 10.5. The first-order valence-electron chi connectivity index (χ1n) is 5.86. The first-order chi connectivity index (χ1) is 7.77. The van der Waals surface area contributed by atoms with Gasteiger partial charge in [-0.1, -0.05) is 18.2 Å². The van der Waals surface area contributed by atoms with Crippen LogP contribution >= 0.6 is 11.8 Å². The lowest BCUT2D eigenvalue weighted by Crippen LogP contribution is -2.10. The van der Waals surface area contributed by atoms with Gasteiger partial charge in [0.05, 0.1) is 6.10 Å². The summed E-state index contributed by atoms with van der Waals surface area (Å²) in [5, 5.41) is 0. The average Bonchev–Trinajstić information content (AvgIpc) is 2.79. The van der Waals surface area contributed by atoms with Gasteiger partial charge in [-0.2, -0.15) is 0 Å². The van der Waals surface area contributed by atoms with E-state index in [1.165, 1.54) is 23.3 Å². The van der Waals surface area contributed by atoms with E-state index in [0.717, 1.165) is 12.4 Å². The Labute approximate surface area is 102 Å². The number of thioether (sulfide) groups is 1. The second-order valence-corrected chi connectivity index (χ2v) is 5.33. The minimum absolute atomic E-state index is 0.105. The van der Waals surface area contributed by atoms with Crippen LogP contribution in [0.2, 0.25) is 0 Å². The number of ether oxygens (including phenoxy) is 1. The fourth-order valence-corrected chi connectivity index (χ4v) is 3.17. The Balaban J connectivity index is 1.97. The number of hydrogen-bond acceptors (Lipinski definition) is 3. The molecular weight excluding hydrogens is 218 g/mol. The van der Waals surface area contributed by atoms with Crippen molar-refractivity contribution in [3.63, 3.8) is 0 Å². The summed E-state index contributed by atoms with van der Waals surface area (Å²) in [6.07, 6.45) is 2.85. The molecule has 0 bridgehead atoms. The summed E-state index contributed by atoms with van der Waals surface area (Å²) < 4.78 is 5.62. The largest absolute Gasteiger partial charge is 0.377 e. The highest BCUT2D eigenvalue weighted by Gasteiger charge is 2.16. The van der Waals surface area contributed by atoms with Crippen LogP contribution in [0.1, 0.15) is 31.4 Å². The Bertz CT molecular complexity index is 334. The van der Waals surface area contributed by atoms with Gasteiger partial charge >= 0.3 is 0 Å². The molecule has 2 unspecified atom stereocenters. The zero-order chi connectivity index (χ0) is 11.4. The fourth-order valence-electron chi connectivity index (χ4n) is 1.95. The molecule has 0 aliphatic carbocycles. The van der Waals surface area contributed by atoms with Crippen molar-refractivity contribution in [3.05, 3.63) is 29.8 Å². The maximum atomic E-state index is 5.95. The lowest BCUT2D eigenvalue weighted by molar-refractivity contribution is 0.129. The number of nitrogens with two attached hydrogens (primary N) is 1. The normalized spacial score (nSPS) is 22.2. The Kier molecular flexibility index (Phi) is 4.27. The lowest BCUT2D eigenvalue weighted by atomic mass is 10.1. The smallest absolute Gasteiger partial charge is 0.0669 e. The van der Waals surface area contributed by atoms with Gasteiger partial charge in [0.2, 0.25) is 0 Å². The molecule has 1 aromatic rings. The van der Waals surface area contributed by atoms with E-state index in [1.807, 2.05) is 18.7 Å². The Morgan fingerprint density at radius 1 is 1.50 bits per heavy atom. The van der Waals surface area contributed by atoms with Crippen molar-refractivity contribution in [2.75, 3.05) is 12.4 Å². The molecule has 2 N–H and O–H groups in total. The number of rotatable bonds is 4. The van der Waals surface area contributed by atoms with Gasteiger partial charge in [0.1, 0.15) is 0 Å². The first-order valence-corrected chi connectivity index (χ1v) is 6.85. The molecule has 0 radical (unpaired) electrons. The van der Waals surface area contributed by atoms with E-state index in [2.05, 4.69) is 24.3 Å². The number of benzene rings is 1. The topological polar surface area (TPSA) is 35.2 Å². The van der Waals surface area contributed by atoms with Crippen molar-refractivity contribution in [2.45, 2.75) is 36.8 Å². The summed E-state index contributed by atoms with van der Waals surface area (Å²) in [6, 6.07) is 8.49. The van der Waals surface area contributed by atoms with E-state index < -0.39 is 0 Å². The van der Waals surface area contributed by atoms with Gasteiger partial charge in [-0.15, -0.1) is 11.8 Å². The minimum atomic E-state index is 0.105. The zero-order valence-electron chi connectivity index (χ0n) is 9.69. The van der Waals surface area contributed by atoms with Gasteiger partial charge < -0.3 is 10.5 Å². The minimum Gasteiger partial charge on any atom is -0.377 e. The van der Waals surface area contributed by atoms with Gasteiger partial charge in [0.15, 0.2) is 0 Å². The maximum absolute atomic E-state index is 5.95. The van der Waals surface area contributed by atoms with Crippen LogP contribution in [0.5, 0.6) is 0 Å². The molecule has 0 spiro atoms. The van der Waals surface area contributed by atoms with Gasteiger partial charge in [0, 0.05) is 23.3 Å². The summed E-state index contributed by atoms with van der Waals surface area (Å²) in [4.78, 5) is 1.30. The highest BCUT2D eigenvalue weighted by molar-refractivity contribution is 7.99. The summed E-state index contributed by atoms with van der Waals surface area (Å²) >= 11 is 1.87. The first kappa shape index (κ1) is 12.0. The van der Waals surface area contributed by atoms with E-state index >= 15 is 0 Å². The Morgan fingerprint density at radius 3 is 3.00 bits per heavy atom. The molecule has 1 aliphatic rings. The van der Waals surface area contributed by atoms with Crippen LogP contribution in [0.25, 0.3) is 0 Å². The standard InChI is InChI=1S/C13H19NOS/c1-10(14)12-6-2-3-7-13(12)16-9-11-5-4-8-15-11/h2-3,6-7,10-11H,4-5,8-9,14H2,1H3. The van der Waals surface area contributed by atoms with Crippen molar-refractivity contribution >= 4 is 11.8 Å². The van der Waals surface area contributed by atoms with E-state index in [4.69, 9.17) is 10.5 Å². The molecule has 2 rings (SSSR count).